The van der Waals surface area contributed by atoms with E-state index in [-0.39, 0.29) is 0 Å². The number of anilines is 1. The number of ether oxygens (including phenoxy) is 1. The lowest BCUT2D eigenvalue weighted by molar-refractivity contribution is 0.209. The summed E-state index contributed by atoms with van der Waals surface area (Å²) < 4.78 is 5.52. The van der Waals surface area contributed by atoms with Crippen molar-refractivity contribution in [2.75, 3.05) is 37.7 Å². The molecule has 1 saturated heterocycles. The van der Waals surface area contributed by atoms with Gasteiger partial charge in [0.1, 0.15) is 11.6 Å². The Hall–Kier alpha value is -1.29. The summed E-state index contributed by atoms with van der Waals surface area (Å²) in [5.41, 5.74) is 0. The van der Waals surface area contributed by atoms with Gasteiger partial charge in [-0.25, -0.2) is 4.98 Å². The van der Waals surface area contributed by atoms with Crippen molar-refractivity contribution in [3.8, 4) is 5.75 Å². The molecule has 1 aromatic heterocycles. The first-order chi connectivity index (χ1) is 8.70. The minimum absolute atomic E-state index is 0.634. The average molecular weight is 249 g/mol. The summed E-state index contributed by atoms with van der Waals surface area (Å²) in [5.74, 6) is 1.94. The van der Waals surface area contributed by atoms with E-state index in [1.54, 1.807) is 0 Å². The Morgan fingerprint density at radius 1 is 1.28 bits per heavy atom. The number of rotatable bonds is 4. The van der Waals surface area contributed by atoms with E-state index < -0.39 is 0 Å². The minimum Gasteiger partial charge on any atom is -0.494 e. The number of nitrogens with zero attached hydrogens (tertiary/aromatic N) is 3. The molecule has 1 fully saturated rings. The van der Waals surface area contributed by atoms with Crippen LogP contribution in [-0.2, 0) is 0 Å². The molecule has 1 aliphatic heterocycles. The first-order valence-corrected chi connectivity index (χ1v) is 6.78. The lowest BCUT2D eigenvalue weighted by atomic mass is 10.2. The molecule has 4 nitrogen and oxygen atoms in total. The van der Waals surface area contributed by atoms with Gasteiger partial charge in [0.15, 0.2) is 0 Å². The molecule has 0 saturated carbocycles. The van der Waals surface area contributed by atoms with Gasteiger partial charge in [-0.05, 0) is 26.8 Å². The third kappa shape index (κ3) is 3.13. The molecule has 0 aromatic carbocycles. The molecule has 0 aliphatic carbocycles. The van der Waals surface area contributed by atoms with Crippen molar-refractivity contribution < 1.29 is 4.74 Å². The fourth-order valence-electron chi connectivity index (χ4n) is 2.30. The monoisotopic (exact) mass is 249 g/mol. The van der Waals surface area contributed by atoms with Crippen LogP contribution in [0, 0.1) is 0 Å². The largest absolute Gasteiger partial charge is 0.494 e. The predicted octanol–water partition coefficient (Wildman–Crippen LogP) is 2.01. The Morgan fingerprint density at radius 2 is 2.00 bits per heavy atom. The van der Waals surface area contributed by atoms with E-state index in [2.05, 4.69) is 28.6 Å². The van der Waals surface area contributed by atoms with Gasteiger partial charge in [-0.3, -0.25) is 4.90 Å². The Bertz CT molecular complexity index is 373. The van der Waals surface area contributed by atoms with Gasteiger partial charge in [-0.1, -0.05) is 0 Å². The van der Waals surface area contributed by atoms with Crippen LogP contribution < -0.4 is 9.64 Å². The maximum Gasteiger partial charge on any atom is 0.132 e. The first kappa shape index (κ1) is 13.1. The standard InChI is InChI=1S/C14H23N3O/c1-4-18-13-5-6-15-14(11-13)17-9-7-16(8-10-17)12(2)3/h5-6,11-12H,4,7-10H2,1-3H3. The minimum atomic E-state index is 0.634. The number of hydrogen-bond donors (Lipinski definition) is 0. The van der Waals surface area contributed by atoms with E-state index in [1.807, 2.05) is 25.3 Å². The van der Waals surface area contributed by atoms with Crippen LogP contribution in [0.15, 0.2) is 18.3 Å². The second-order valence-corrected chi connectivity index (χ2v) is 4.90. The van der Waals surface area contributed by atoms with Crippen LogP contribution in [0.5, 0.6) is 5.75 Å². The van der Waals surface area contributed by atoms with Crippen LogP contribution in [0.3, 0.4) is 0 Å². The summed E-state index contributed by atoms with van der Waals surface area (Å²) in [5, 5.41) is 0. The van der Waals surface area contributed by atoms with Crippen LogP contribution in [0.2, 0.25) is 0 Å². The third-order valence-corrected chi connectivity index (χ3v) is 3.40. The van der Waals surface area contributed by atoms with Gasteiger partial charge in [-0.15, -0.1) is 0 Å². The normalized spacial score (nSPS) is 17.2. The zero-order chi connectivity index (χ0) is 13.0. The molecule has 0 bridgehead atoms. The summed E-state index contributed by atoms with van der Waals surface area (Å²) in [6.45, 7) is 11.5. The van der Waals surface area contributed by atoms with Gasteiger partial charge in [-0.2, -0.15) is 0 Å². The maximum absolute atomic E-state index is 5.52. The van der Waals surface area contributed by atoms with Crippen LogP contribution in [-0.4, -0.2) is 48.7 Å². The topological polar surface area (TPSA) is 28.6 Å². The summed E-state index contributed by atoms with van der Waals surface area (Å²) >= 11 is 0. The molecule has 0 N–H and O–H groups in total. The van der Waals surface area contributed by atoms with Gasteiger partial charge < -0.3 is 9.64 Å². The molecule has 0 unspecified atom stereocenters. The molecular formula is C14H23N3O. The quantitative estimate of drug-likeness (QED) is 0.816. The van der Waals surface area contributed by atoms with Crippen molar-refractivity contribution in [1.29, 1.82) is 0 Å². The van der Waals surface area contributed by atoms with Gasteiger partial charge in [0.05, 0.1) is 6.61 Å². The molecule has 0 amide bonds. The highest BCUT2D eigenvalue weighted by Crippen LogP contribution is 2.20. The second kappa shape index (κ2) is 6.05. The number of pyridine rings is 1. The molecular weight excluding hydrogens is 226 g/mol. The van der Waals surface area contributed by atoms with E-state index in [1.165, 1.54) is 0 Å². The van der Waals surface area contributed by atoms with Crippen molar-refractivity contribution in [2.45, 2.75) is 26.8 Å². The van der Waals surface area contributed by atoms with Crippen LogP contribution in [0.1, 0.15) is 20.8 Å². The van der Waals surface area contributed by atoms with Crippen molar-refractivity contribution in [3.63, 3.8) is 0 Å². The molecule has 2 heterocycles. The van der Waals surface area contributed by atoms with Gasteiger partial charge in [0, 0.05) is 44.5 Å². The summed E-state index contributed by atoms with van der Waals surface area (Å²) in [6.07, 6.45) is 1.83. The maximum atomic E-state index is 5.52. The number of piperazine rings is 1. The summed E-state index contributed by atoms with van der Waals surface area (Å²) in [7, 11) is 0. The van der Waals surface area contributed by atoms with Crippen molar-refractivity contribution in [3.05, 3.63) is 18.3 Å². The molecule has 1 aliphatic rings. The van der Waals surface area contributed by atoms with Crippen LogP contribution in [0.25, 0.3) is 0 Å². The molecule has 4 heteroatoms. The Labute approximate surface area is 110 Å². The zero-order valence-electron chi connectivity index (χ0n) is 11.6. The third-order valence-electron chi connectivity index (χ3n) is 3.40. The van der Waals surface area contributed by atoms with Gasteiger partial charge >= 0.3 is 0 Å². The fraction of sp³-hybridized carbons (Fsp3) is 0.643. The SMILES string of the molecule is CCOc1ccnc(N2CCN(C(C)C)CC2)c1. The molecule has 100 valence electrons. The lowest BCUT2D eigenvalue weighted by Gasteiger charge is -2.37. The Kier molecular flexibility index (Phi) is 4.42. The second-order valence-electron chi connectivity index (χ2n) is 4.90. The Balaban J connectivity index is 1.98. The van der Waals surface area contributed by atoms with Crippen LogP contribution >= 0.6 is 0 Å². The van der Waals surface area contributed by atoms with E-state index in [0.29, 0.717) is 12.6 Å². The molecule has 1 aromatic rings. The number of hydrogen-bond acceptors (Lipinski definition) is 4. The van der Waals surface area contributed by atoms with E-state index in [4.69, 9.17) is 4.74 Å². The molecule has 0 radical (unpaired) electrons. The van der Waals surface area contributed by atoms with Crippen molar-refractivity contribution in [1.82, 2.24) is 9.88 Å². The average Bonchev–Trinajstić information content (AvgIpc) is 2.39. The van der Waals surface area contributed by atoms with Crippen LogP contribution in [0.4, 0.5) is 5.82 Å². The van der Waals surface area contributed by atoms with Crippen molar-refractivity contribution >= 4 is 5.82 Å². The molecule has 0 atom stereocenters. The Morgan fingerprint density at radius 3 is 2.61 bits per heavy atom. The first-order valence-electron chi connectivity index (χ1n) is 6.78. The van der Waals surface area contributed by atoms with Crippen molar-refractivity contribution in [2.24, 2.45) is 0 Å². The van der Waals surface area contributed by atoms with Gasteiger partial charge in [0.25, 0.3) is 0 Å². The number of aromatic nitrogens is 1. The summed E-state index contributed by atoms with van der Waals surface area (Å²) in [6, 6.07) is 4.58. The highest BCUT2D eigenvalue weighted by molar-refractivity contribution is 5.44. The van der Waals surface area contributed by atoms with E-state index in [0.717, 1.165) is 37.7 Å². The van der Waals surface area contributed by atoms with Gasteiger partial charge in [0.2, 0.25) is 0 Å². The molecule has 2 rings (SSSR count). The molecule has 0 spiro atoms. The van der Waals surface area contributed by atoms with E-state index in [9.17, 15) is 0 Å². The zero-order valence-corrected chi connectivity index (χ0v) is 11.6. The summed E-state index contributed by atoms with van der Waals surface area (Å²) in [4.78, 5) is 9.28. The fourth-order valence-corrected chi connectivity index (χ4v) is 2.30. The lowest BCUT2D eigenvalue weighted by Crippen LogP contribution is -2.49. The smallest absolute Gasteiger partial charge is 0.132 e. The van der Waals surface area contributed by atoms with E-state index >= 15 is 0 Å². The highest BCUT2D eigenvalue weighted by atomic mass is 16.5. The predicted molar refractivity (Wildman–Crippen MR) is 74.3 cm³/mol. The molecule has 18 heavy (non-hydrogen) atoms. The highest BCUT2D eigenvalue weighted by Gasteiger charge is 2.19.